The molecule has 0 saturated carbocycles. The summed E-state index contributed by atoms with van der Waals surface area (Å²) in [5.74, 6) is -0.0864. The zero-order valence-electron chi connectivity index (χ0n) is 26.4. The number of methoxy groups -OCH3 is 2. The van der Waals surface area contributed by atoms with Crippen LogP contribution in [-0.4, -0.2) is 105 Å². The quantitative estimate of drug-likeness (QED) is 0.284. The van der Waals surface area contributed by atoms with Gasteiger partial charge in [0.1, 0.15) is 5.69 Å². The number of rotatable bonds is 15. The molecule has 2 aliphatic rings. The molecular weight excluding hydrogens is 604 g/mol. The Hall–Kier alpha value is -2.12. The molecule has 4 rings (SSSR count). The van der Waals surface area contributed by atoms with Crippen LogP contribution >= 0.6 is 22.9 Å². The van der Waals surface area contributed by atoms with Crippen molar-refractivity contribution < 1.29 is 28.5 Å². The van der Waals surface area contributed by atoms with Gasteiger partial charge < -0.3 is 29.2 Å². The number of ether oxygens (including phenoxy) is 4. The number of carbonyl (C=O) groups excluding carboxylic acids is 2. The van der Waals surface area contributed by atoms with E-state index in [1.54, 1.807) is 11.3 Å². The third kappa shape index (κ3) is 9.45. The predicted molar refractivity (Wildman–Crippen MR) is 171 cm³/mol. The van der Waals surface area contributed by atoms with Crippen molar-refractivity contribution >= 4 is 34.8 Å². The third-order valence-electron chi connectivity index (χ3n) is 8.51. The zero-order chi connectivity index (χ0) is 31.5. The Morgan fingerprint density at radius 1 is 1.16 bits per heavy atom. The van der Waals surface area contributed by atoms with Gasteiger partial charge in [-0.25, -0.2) is 4.98 Å². The van der Waals surface area contributed by atoms with Crippen molar-refractivity contribution in [1.29, 1.82) is 0 Å². The number of morpholine rings is 1. The molecule has 44 heavy (non-hydrogen) atoms. The number of aryl methyl sites for hydroxylation is 1. The molecular formula is C32H47ClN4O6S. The molecule has 2 fully saturated rings. The fourth-order valence-electron chi connectivity index (χ4n) is 5.76. The summed E-state index contributed by atoms with van der Waals surface area (Å²) in [6.45, 7) is 9.10. The molecule has 2 saturated heterocycles. The largest absolute Gasteiger partial charge is 0.377 e. The zero-order valence-corrected chi connectivity index (χ0v) is 28.0. The van der Waals surface area contributed by atoms with Crippen molar-refractivity contribution in [3.05, 3.63) is 50.4 Å². The highest BCUT2D eigenvalue weighted by atomic mass is 35.5. The first-order valence-corrected chi connectivity index (χ1v) is 16.9. The van der Waals surface area contributed by atoms with Gasteiger partial charge in [-0.1, -0.05) is 43.6 Å². The Morgan fingerprint density at radius 3 is 2.59 bits per heavy atom. The van der Waals surface area contributed by atoms with Gasteiger partial charge in [0, 0.05) is 50.8 Å². The standard InChI is InChI=1S/C32H47ClN4O6S/c1-5-25(18-27(38)34-19-29(40-3)41-4)42-16-10-23-8-7-9-24(30(23)33)20-36-13-11-32(12-14-36)22-37(15-17-43-32)31(39)26-21-44-28(6-2)35-26/h7-9,21,25,29H,5-6,10-20,22H2,1-4H3,(H,34,38). The van der Waals surface area contributed by atoms with Crippen LogP contribution in [-0.2, 0) is 43.1 Å². The Balaban J connectivity index is 1.24. The van der Waals surface area contributed by atoms with Crippen LogP contribution in [0.2, 0.25) is 5.02 Å². The van der Waals surface area contributed by atoms with Crippen LogP contribution in [0.4, 0.5) is 0 Å². The number of hydrogen-bond acceptors (Lipinski definition) is 9. The van der Waals surface area contributed by atoms with E-state index in [-0.39, 0.29) is 29.9 Å². The van der Waals surface area contributed by atoms with Gasteiger partial charge >= 0.3 is 0 Å². The number of likely N-dealkylation sites (tertiary alicyclic amines) is 1. The van der Waals surface area contributed by atoms with Gasteiger partial charge in [0.2, 0.25) is 5.91 Å². The highest BCUT2D eigenvalue weighted by molar-refractivity contribution is 7.09. The first-order chi connectivity index (χ1) is 21.3. The van der Waals surface area contributed by atoms with Gasteiger partial charge in [-0.3, -0.25) is 14.5 Å². The lowest BCUT2D eigenvalue weighted by Gasteiger charge is -2.47. The summed E-state index contributed by atoms with van der Waals surface area (Å²) in [6.07, 6.45) is 3.60. The number of carbonyl (C=O) groups is 2. The minimum atomic E-state index is -0.467. The molecule has 1 N–H and O–H groups in total. The van der Waals surface area contributed by atoms with Gasteiger partial charge in [-0.15, -0.1) is 11.3 Å². The number of aromatic nitrogens is 1. The van der Waals surface area contributed by atoms with Gasteiger partial charge in [0.25, 0.3) is 5.91 Å². The molecule has 244 valence electrons. The molecule has 1 unspecified atom stereocenters. The lowest BCUT2D eigenvalue weighted by Crippen LogP contribution is -2.58. The summed E-state index contributed by atoms with van der Waals surface area (Å²) in [7, 11) is 3.08. The van der Waals surface area contributed by atoms with Crippen molar-refractivity contribution in [3.63, 3.8) is 0 Å². The molecule has 1 atom stereocenters. The summed E-state index contributed by atoms with van der Waals surface area (Å²) in [5, 5.41) is 6.46. The van der Waals surface area contributed by atoms with Crippen LogP contribution in [0.5, 0.6) is 0 Å². The number of piperidine rings is 1. The molecule has 1 spiro atoms. The second-order valence-corrected chi connectivity index (χ2v) is 12.8. The molecule has 0 aliphatic carbocycles. The van der Waals surface area contributed by atoms with E-state index in [0.29, 0.717) is 45.0 Å². The highest BCUT2D eigenvalue weighted by Crippen LogP contribution is 2.32. The Kier molecular flexibility index (Phi) is 13.4. The van der Waals surface area contributed by atoms with Crippen molar-refractivity contribution in [2.24, 2.45) is 0 Å². The van der Waals surface area contributed by atoms with Gasteiger partial charge in [-0.05, 0) is 43.2 Å². The van der Waals surface area contributed by atoms with Gasteiger partial charge in [0.15, 0.2) is 6.29 Å². The van der Waals surface area contributed by atoms with Crippen molar-refractivity contribution in [2.45, 2.75) is 76.9 Å². The summed E-state index contributed by atoms with van der Waals surface area (Å²) in [4.78, 5) is 34.3. The van der Waals surface area contributed by atoms with Crippen LogP contribution in [0.15, 0.2) is 23.6 Å². The lowest BCUT2D eigenvalue weighted by molar-refractivity contribution is -0.130. The highest BCUT2D eigenvalue weighted by Gasteiger charge is 2.41. The normalized spacial score (nSPS) is 17.7. The summed E-state index contributed by atoms with van der Waals surface area (Å²) < 4.78 is 22.6. The van der Waals surface area contributed by atoms with E-state index in [4.69, 9.17) is 30.5 Å². The van der Waals surface area contributed by atoms with E-state index in [0.717, 1.165) is 66.5 Å². The Bertz CT molecular complexity index is 1220. The maximum absolute atomic E-state index is 13.1. The molecule has 12 heteroatoms. The molecule has 2 amide bonds. The van der Waals surface area contributed by atoms with E-state index in [2.05, 4.69) is 28.2 Å². The van der Waals surface area contributed by atoms with E-state index in [1.807, 2.05) is 29.3 Å². The number of amides is 2. The van der Waals surface area contributed by atoms with Gasteiger partial charge in [-0.2, -0.15) is 0 Å². The number of halogens is 1. The maximum atomic E-state index is 13.1. The minimum absolute atomic E-state index is 0.00875. The fourth-order valence-corrected chi connectivity index (χ4v) is 6.76. The van der Waals surface area contributed by atoms with Crippen LogP contribution < -0.4 is 5.32 Å². The fraction of sp³-hybridized carbons (Fsp3) is 0.656. The molecule has 1 aromatic heterocycles. The van der Waals surface area contributed by atoms with Crippen molar-refractivity contribution in [3.8, 4) is 0 Å². The number of thiazole rings is 1. The number of nitrogens with one attached hydrogen (secondary N) is 1. The molecule has 2 aromatic rings. The summed E-state index contributed by atoms with van der Waals surface area (Å²) in [6, 6.07) is 6.17. The van der Waals surface area contributed by atoms with Crippen LogP contribution in [0.25, 0.3) is 0 Å². The monoisotopic (exact) mass is 650 g/mol. The molecule has 0 radical (unpaired) electrons. The van der Waals surface area contributed by atoms with Crippen LogP contribution in [0.3, 0.4) is 0 Å². The summed E-state index contributed by atoms with van der Waals surface area (Å²) >= 11 is 8.43. The first kappa shape index (κ1) is 34.7. The SMILES string of the molecule is CCc1nc(C(=O)N2CCOC3(CCN(Cc4cccc(CCOC(CC)CC(=O)NCC(OC)OC)c4Cl)CC3)C2)cs1. The number of hydrogen-bond donors (Lipinski definition) is 1. The Labute approximate surface area is 270 Å². The molecule has 3 heterocycles. The van der Waals surface area contributed by atoms with Crippen molar-refractivity contribution in [2.75, 3.05) is 60.2 Å². The smallest absolute Gasteiger partial charge is 0.273 e. The average Bonchev–Trinajstić information content (AvgIpc) is 3.53. The minimum Gasteiger partial charge on any atom is -0.377 e. The predicted octanol–water partition coefficient (Wildman–Crippen LogP) is 4.33. The summed E-state index contributed by atoms with van der Waals surface area (Å²) in [5.41, 5.74) is 2.38. The lowest BCUT2D eigenvalue weighted by atomic mass is 9.89. The first-order valence-electron chi connectivity index (χ1n) is 15.6. The maximum Gasteiger partial charge on any atom is 0.273 e. The van der Waals surface area contributed by atoms with Crippen LogP contribution in [0, 0.1) is 0 Å². The van der Waals surface area contributed by atoms with E-state index >= 15 is 0 Å². The molecule has 0 bridgehead atoms. The number of benzene rings is 1. The molecule has 2 aliphatic heterocycles. The second-order valence-electron chi connectivity index (χ2n) is 11.5. The van der Waals surface area contributed by atoms with Crippen molar-refractivity contribution in [1.82, 2.24) is 20.1 Å². The number of nitrogens with zero attached hydrogens (tertiary/aromatic N) is 3. The topological polar surface area (TPSA) is 102 Å². The second kappa shape index (κ2) is 17.0. The van der Waals surface area contributed by atoms with Crippen LogP contribution in [0.1, 0.15) is 66.2 Å². The average molecular weight is 651 g/mol. The Morgan fingerprint density at radius 2 is 1.91 bits per heavy atom. The van der Waals surface area contributed by atoms with E-state index in [9.17, 15) is 9.59 Å². The molecule has 10 nitrogen and oxygen atoms in total. The van der Waals surface area contributed by atoms with E-state index < -0.39 is 6.29 Å². The van der Waals surface area contributed by atoms with E-state index in [1.165, 1.54) is 14.2 Å². The third-order valence-corrected chi connectivity index (χ3v) is 9.99. The van der Waals surface area contributed by atoms with Gasteiger partial charge in [0.05, 0.1) is 49.4 Å². The molecule has 1 aromatic carbocycles.